The van der Waals surface area contributed by atoms with E-state index in [0.717, 1.165) is 5.56 Å². The number of anilines is 1. The number of hydrogen-bond donors (Lipinski definition) is 1. The fourth-order valence-electron chi connectivity index (χ4n) is 1.72. The van der Waals surface area contributed by atoms with Gasteiger partial charge in [0.25, 0.3) is 0 Å². The van der Waals surface area contributed by atoms with Crippen LogP contribution in [0.25, 0.3) is 0 Å². The van der Waals surface area contributed by atoms with Gasteiger partial charge in [0.15, 0.2) is 0 Å². The number of ether oxygens (including phenoxy) is 1. The van der Waals surface area contributed by atoms with Gasteiger partial charge in [-0.3, -0.25) is 4.79 Å². The van der Waals surface area contributed by atoms with Crippen molar-refractivity contribution in [1.29, 1.82) is 0 Å². The molecule has 1 heterocycles. The van der Waals surface area contributed by atoms with Crippen molar-refractivity contribution in [3.63, 3.8) is 0 Å². The Bertz CT molecular complexity index is 514. The molecule has 1 aromatic rings. The molecule has 4 nitrogen and oxygen atoms in total. The number of esters is 1. The Morgan fingerprint density at radius 2 is 2.00 bits per heavy atom. The normalized spacial score (nSPS) is 12.9. The average molecular weight is 311 g/mol. The van der Waals surface area contributed by atoms with Crippen LogP contribution in [0.5, 0.6) is 0 Å². The first kappa shape index (κ1) is 17.7. The number of rotatable bonds is 5. The molecular weight excluding hydrogens is 286 g/mol. The van der Waals surface area contributed by atoms with E-state index in [1.54, 1.807) is 6.92 Å². The third-order valence-corrected chi connectivity index (χ3v) is 4.74. The Balaban J connectivity index is 2.70. The molecule has 0 aliphatic carbocycles. The molecule has 1 rings (SSSR count). The molecule has 21 heavy (non-hydrogen) atoms. The Hall–Kier alpha value is -1.36. The van der Waals surface area contributed by atoms with E-state index in [9.17, 15) is 9.59 Å². The highest BCUT2D eigenvalue weighted by molar-refractivity contribution is 7.18. The molecule has 0 spiro atoms. The van der Waals surface area contributed by atoms with Gasteiger partial charge in [-0.2, -0.15) is 0 Å². The second-order valence-corrected chi connectivity index (χ2v) is 7.41. The van der Waals surface area contributed by atoms with Crippen molar-refractivity contribution in [2.45, 2.75) is 48.0 Å². The molecule has 0 fully saturated rings. The Labute approximate surface area is 130 Å². The van der Waals surface area contributed by atoms with Gasteiger partial charge in [-0.1, -0.05) is 27.7 Å². The first-order valence-electron chi connectivity index (χ1n) is 7.22. The zero-order valence-corrected chi connectivity index (χ0v) is 14.5. The summed E-state index contributed by atoms with van der Waals surface area (Å²) >= 11 is 1.26. The van der Waals surface area contributed by atoms with Gasteiger partial charge in [0.2, 0.25) is 5.91 Å². The summed E-state index contributed by atoms with van der Waals surface area (Å²) in [6.45, 7) is 12.4. The molecular formula is C16H25NO3S. The summed E-state index contributed by atoms with van der Waals surface area (Å²) in [5, 5.41) is 3.57. The van der Waals surface area contributed by atoms with Crippen molar-refractivity contribution < 1.29 is 14.3 Å². The summed E-state index contributed by atoms with van der Waals surface area (Å²) in [7, 11) is 0. The van der Waals surface area contributed by atoms with Gasteiger partial charge in [0.1, 0.15) is 4.88 Å². The first-order valence-corrected chi connectivity index (χ1v) is 8.04. The van der Waals surface area contributed by atoms with Crippen LogP contribution in [0.1, 0.15) is 56.3 Å². The second-order valence-electron chi connectivity index (χ2n) is 6.36. The molecule has 1 atom stereocenters. The third-order valence-electron chi connectivity index (χ3n) is 3.61. The molecule has 0 aliphatic rings. The molecule has 0 saturated heterocycles. The number of aryl methyl sites for hydroxylation is 1. The van der Waals surface area contributed by atoms with E-state index in [1.165, 1.54) is 11.3 Å². The van der Waals surface area contributed by atoms with E-state index in [1.807, 2.05) is 13.0 Å². The van der Waals surface area contributed by atoms with Crippen LogP contribution in [0.3, 0.4) is 0 Å². The highest BCUT2D eigenvalue weighted by Gasteiger charge is 2.23. The van der Waals surface area contributed by atoms with Crippen molar-refractivity contribution in [1.82, 2.24) is 0 Å². The maximum Gasteiger partial charge on any atom is 0.348 e. The highest BCUT2D eigenvalue weighted by Crippen LogP contribution is 2.30. The number of carbonyl (C=O) groups excluding carboxylic acids is 2. The van der Waals surface area contributed by atoms with E-state index in [-0.39, 0.29) is 23.2 Å². The predicted molar refractivity (Wildman–Crippen MR) is 86.9 cm³/mol. The van der Waals surface area contributed by atoms with Gasteiger partial charge in [-0.05, 0) is 36.8 Å². The van der Waals surface area contributed by atoms with Gasteiger partial charge in [-0.15, -0.1) is 11.3 Å². The lowest BCUT2D eigenvalue weighted by Crippen LogP contribution is -2.23. The van der Waals surface area contributed by atoms with E-state index in [4.69, 9.17) is 4.74 Å². The van der Waals surface area contributed by atoms with Crippen LogP contribution < -0.4 is 5.32 Å². The molecule has 0 radical (unpaired) electrons. The Kier molecular flexibility index (Phi) is 5.96. The van der Waals surface area contributed by atoms with Crippen molar-refractivity contribution in [3.8, 4) is 0 Å². The number of carbonyl (C=O) groups is 2. The van der Waals surface area contributed by atoms with Crippen LogP contribution >= 0.6 is 11.3 Å². The molecule has 1 aromatic heterocycles. The number of hydrogen-bond acceptors (Lipinski definition) is 4. The second kappa shape index (κ2) is 7.07. The Morgan fingerprint density at radius 1 is 1.38 bits per heavy atom. The molecule has 0 bridgehead atoms. The smallest absolute Gasteiger partial charge is 0.348 e. The van der Waals surface area contributed by atoms with Gasteiger partial charge in [0, 0.05) is 6.42 Å². The molecule has 1 N–H and O–H groups in total. The van der Waals surface area contributed by atoms with Crippen LogP contribution in [0.2, 0.25) is 0 Å². The minimum atomic E-state index is -0.330. The monoisotopic (exact) mass is 311 g/mol. The van der Waals surface area contributed by atoms with Crippen LogP contribution in [0.15, 0.2) is 6.07 Å². The van der Waals surface area contributed by atoms with Crippen LogP contribution in [0, 0.1) is 18.3 Å². The van der Waals surface area contributed by atoms with E-state index in [2.05, 4.69) is 33.0 Å². The highest BCUT2D eigenvalue weighted by atomic mass is 32.1. The van der Waals surface area contributed by atoms with Gasteiger partial charge in [-0.25, -0.2) is 4.79 Å². The minimum absolute atomic E-state index is 0.0194. The average Bonchev–Trinajstić information content (AvgIpc) is 2.69. The maximum atomic E-state index is 12.1. The summed E-state index contributed by atoms with van der Waals surface area (Å²) in [6.07, 6.45) is 0.467. The summed E-state index contributed by atoms with van der Waals surface area (Å²) in [5.74, 6) is -0.0688. The quantitative estimate of drug-likeness (QED) is 0.827. The Morgan fingerprint density at radius 3 is 2.52 bits per heavy atom. The SMILES string of the molecule is CCOC(=O)c1sc(NC(=O)CC(C)C(C)(C)C)cc1C. The van der Waals surface area contributed by atoms with Gasteiger partial charge < -0.3 is 10.1 Å². The summed E-state index contributed by atoms with van der Waals surface area (Å²) in [5.41, 5.74) is 0.927. The molecule has 0 saturated carbocycles. The van der Waals surface area contributed by atoms with Crippen LogP contribution in [-0.2, 0) is 9.53 Å². The van der Waals surface area contributed by atoms with E-state index >= 15 is 0 Å². The standard InChI is InChI=1S/C16H25NO3S/c1-7-20-15(19)14-10(2)8-13(21-14)17-12(18)9-11(3)16(4,5)6/h8,11H,7,9H2,1-6H3,(H,17,18). The van der Waals surface area contributed by atoms with Crippen molar-refractivity contribution in [2.75, 3.05) is 11.9 Å². The zero-order chi connectivity index (χ0) is 16.2. The lowest BCUT2D eigenvalue weighted by atomic mass is 9.80. The van der Waals surface area contributed by atoms with Gasteiger partial charge in [0.05, 0.1) is 11.6 Å². The van der Waals surface area contributed by atoms with Crippen molar-refractivity contribution >= 4 is 28.2 Å². The number of amides is 1. The summed E-state index contributed by atoms with van der Waals surface area (Å²) in [4.78, 5) is 24.4. The molecule has 1 amide bonds. The van der Waals surface area contributed by atoms with Crippen LogP contribution in [-0.4, -0.2) is 18.5 Å². The molecule has 5 heteroatoms. The van der Waals surface area contributed by atoms with Gasteiger partial charge >= 0.3 is 5.97 Å². The number of nitrogens with one attached hydrogen (secondary N) is 1. The number of thiophene rings is 1. The fraction of sp³-hybridized carbons (Fsp3) is 0.625. The minimum Gasteiger partial charge on any atom is -0.462 e. The van der Waals surface area contributed by atoms with Crippen LogP contribution in [0.4, 0.5) is 5.00 Å². The molecule has 1 unspecified atom stereocenters. The zero-order valence-electron chi connectivity index (χ0n) is 13.7. The topological polar surface area (TPSA) is 55.4 Å². The molecule has 0 aromatic carbocycles. The van der Waals surface area contributed by atoms with E-state index < -0.39 is 0 Å². The van der Waals surface area contributed by atoms with E-state index in [0.29, 0.717) is 22.9 Å². The maximum absolute atomic E-state index is 12.1. The third kappa shape index (κ3) is 5.16. The molecule has 118 valence electrons. The van der Waals surface area contributed by atoms with Crippen molar-refractivity contribution in [3.05, 3.63) is 16.5 Å². The lowest BCUT2D eigenvalue weighted by molar-refractivity contribution is -0.117. The fourth-order valence-corrected chi connectivity index (χ4v) is 2.70. The van der Waals surface area contributed by atoms with Crippen molar-refractivity contribution in [2.24, 2.45) is 11.3 Å². The largest absolute Gasteiger partial charge is 0.462 e. The lowest BCUT2D eigenvalue weighted by Gasteiger charge is -2.26. The predicted octanol–water partition coefficient (Wildman–Crippen LogP) is 4.24. The molecule has 0 aliphatic heterocycles. The summed E-state index contributed by atoms with van der Waals surface area (Å²) in [6, 6.07) is 1.82. The first-order chi connectivity index (χ1) is 9.65. The summed E-state index contributed by atoms with van der Waals surface area (Å²) < 4.78 is 5.00.